The van der Waals surface area contributed by atoms with Crippen molar-refractivity contribution >= 4 is 11.3 Å². The zero-order chi connectivity index (χ0) is 13.7. The van der Waals surface area contributed by atoms with Gasteiger partial charge in [-0.3, -0.25) is 0 Å². The van der Waals surface area contributed by atoms with Gasteiger partial charge in [0.25, 0.3) is 0 Å². The lowest BCUT2D eigenvalue weighted by Gasteiger charge is -2.13. The van der Waals surface area contributed by atoms with E-state index in [1.165, 1.54) is 27.3 Å². The Morgan fingerprint density at radius 1 is 1.16 bits per heavy atom. The van der Waals surface area contributed by atoms with Crippen molar-refractivity contribution in [3.8, 4) is 0 Å². The maximum atomic E-state index is 3.63. The molecule has 0 aliphatic rings. The fourth-order valence-corrected chi connectivity index (χ4v) is 3.47. The first-order valence-electron chi connectivity index (χ1n) is 7.01. The van der Waals surface area contributed by atoms with Crippen molar-refractivity contribution < 1.29 is 0 Å². The molecule has 0 aliphatic carbocycles. The molecule has 0 aliphatic heterocycles. The van der Waals surface area contributed by atoms with Gasteiger partial charge in [-0.2, -0.15) is 0 Å². The van der Waals surface area contributed by atoms with E-state index < -0.39 is 0 Å². The lowest BCUT2D eigenvalue weighted by molar-refractivity contribution is 0.558. The standard InChI is InChI=1S/C17H23NS/c1-13-12-17(15(3)19-13)14(2)18-11-7-10-16-8-5-4-6-9-16/h4-6,8-9,12,14,18H,7,10-11H2,1-3H3. The van der Waals surface area contributed by atoms with Gasteiger partial charge >= 0.3 is 0 Å². The van der Waals surface area contributed by atoms with Crippen LogP contribution in [0.2, 0.25) is 0 Å². The summed E-state index contributed by atoms with van der Waals surface area (Å²) in [6.07, 6.45) is 2.35. The summed E-state index contributed by atoms with van der Waals surface area (Å²) >= 11 is 1.89. The van der Waals surface area contributed by atoms with Gasteiger partial charge in [0.1, 0.15) is 0 Å². The van der Waals surface area contributed by atoms with Gasteiger partial charge in [-0.1, -0.05) is 30.3 Å². The summed E-state index contributed by atoms with van der Waals surface area (Å²) in [4.78, 5) is 2.85. The fourth-order valence-electron chi connectivity index (χ4n) is 2.45. The SMILES string of the molecule is Cc1cc(C(C)NCCCc2ccccc2)c(C)s1. The number of hydrogen-bond acceptors (Lipinski definition) is 2. The molecule has 0 spiro atoms. The van der Waals surface area contributed by atoms with E-state index in [0.29, 0.717) is 6.04 Å². The monoisotopic (exact) mass is 273 g/mol. The van der Waals surface area contributed by atoms with Gasteiger partial charge in [-0.05, 0) is 57.4 Å². The number of nitrogens with one attached hydrogen (secondary N) is 1. The van der Waals surface area contributed by atoms with Crippen molar-refractivity contribution in [1.29, 1.82) is 0 Å². The molecule has 1 nitrogen and oxygen atoms in total. The second-order valence-electron chi connectivity index (χ2n) is 5.13. The van der Waals surface area contributed by atoms with E-state index in [-0.39, 0.29) is 0 Å². The lowest BCUT2D eigenvalue weighted by atomic mass is 10.1. The Morgan fingerprint density at radius 2 is 1.89 bits per heavy atom. The topological polar surface area (TPSA) is 12.0 Å². The highest BCUT2D eigenvalue weighted by Gasteiger charge is 2.10. The third-order valence-corrected chi connectivity index (χ3v) is 4.46. The molecule has 0 radical (unpaired) electrons. The van der Waals surface area contributed by atoms with E-state index in [0.717, 1.165) is 13.0 Å². The summed E-state index contributed by atoms with van der Waals surface area (Å²) in [5, 5.41) is 3.63. The largest absolute Gasteiger partial charge is 0.310 e. The van der Waals surface area contributed by atoms with Crippen LogP contribution in [0.25, 0.3) is 0 Å². The van der Waals surface area contributed by atoms with E-state index in [4.69, 9.17) is 0 Å². The van der Waals surface area contributed by atoms with Gasteiger partial charge in [-0.25, -0.2) is 0 Å². The zero-order valence-electron chi connectivity index (χ0n) is 12.1. The zero-order valence-corrected chi connectivity index (χ0v) is 12.9. The Balaban J connectivity index is 1.75. The maximum absolute atomic E-state index is 3.63. The summed E-state index contributed by atoms with van der Waals surface area (Å²) in [6, 6.07) is 13.5. The van der Waals surface area contributed by atoms with Crippen molar-refractivity contribution in [1.82, 2.24) is 5.32 Å². The minimum Gasteiger partial charge on any atom is -0.310 e. The van der Waals surface area contributed by atoms with E-state index in [9.17, 15) is 0 Å². The Hall–Kier alpha value is -1.12. The highest BCUT2D eigenvalue weighted by Crippen LogP contribution is 2.25. The molecule has 2 heteroatoms. The first-order valence-corrected chi connectivity index (χ1v) is 7.82. The average molecular weight is 273 g/mol. The summed E-state index contributed by atoms with van der Waals surface area (Å²) in [6.45, 7) is 7.74. The Morgan fingerprint density at radius 3 is 2.53 bits per heavy atom. The highest BCUT2D eigenvalue weighted by atomic mass is 32.1. The van der Waals surface area contributed by atoms with Crippen LogP contribution < -0.4 is 5.32 Å². The molecule has 2 aromatic rings. The molecule has 2 rings (SSSR count). The molecule has 1 aromatic heterocycles. The van der Waals surface area contributed by atoms with Crippen LogP contribution in [0.1, 0.15) is 40.3 Å². The van der Waals surface area contributed by atoms with E-state index in [1.807, 2.05) is 11.3 Å². The van der Waals surface area contributed by atoms with E-state index >= 15 is 0 Å². The van der Waals surface area contributed by atoms with Crippen molar-refractivity contribution in [2.75, 3.05) is 6.54 Å². The predicted molar refractivity (Wildman–Crippen MR) is 85.0 cm³/mol. The molecule has 1 heterocycles. The molecule has 102 valence electrons. The molecule has 0 saturated carbocycles. The molecule has 0 bridgehead atoms. The van der Waals surface area contributed by atoms with Gasteiger partial charge in [0.2, 0.25) is 0 Å². The lowest BCUT2D eigenvalue weighted by Crippen LogP contribution is -2.20. The molecule has 0 amide bonds. The van der Waals surface area contributed by atoms with Crippen LogP contribution in [0.4, 0.5) is 0 Å². The third-order valence-electron chi connectivity index (χ3n) is 3.48. The van der Waals surface area contributed by atoms with Gasteiger partial charge in [0.15, 0.2) is 0 Å². The number of aryl methyl sites for hydroxylation is 3. The Bertz CT molecular complexity index is 501. The first-order chi connectivity index (χ1) is 9.16. The van der Waals surface area contributed by atoms with Crippen LogP contribution in [0.15, 0.2) is 36.4 Å². The molecule has 1 N–H and O–H groups in total. The normalized spacial score (nSPS) is 12.6. The summed E-state index contributed by atoms with van der Waals surface area (Å²) in [7, 11) is 0. The molecular weight excluding hydrogens is 250 g/mol. The van der Waals surface area contributed by atoms with Gasteiger partial charge in [0.05, 0.1) is 0 Å². The van der Waals surface area contributed by atoms with E-state index in [1.54, 1.807) is 0 Å². The molecular formula is C17H23NS. The predicted octanol–water partition coefficient (Wildman–Crippen LogP) is 4.65. The molecule has 1 atom stereocenters. The second kappa shape index (κ2) is 6.88. The van der Waals surface area contributed by atoms with Crippen molar-refractivity contribution in [3.63, 3.8) is 0 Å². The van der Waals surface area contributed by atoms with Crippen molar-refractivity contribution in [3.05, 3.63) is 57.3 Å². The highest BCUT2D eigenvalue weighted by molar-refractivity contribution is 7.12. The molecule has 1 unspecified atom stereocenters. The first kappa shape index (κ1) is 14.3. The summed E-state index contributed by atoms with van der Waals surface area (Å²) in [5.41, 5.74) is 2.89. The summed E-state index contributed by atoms with van der Waals surface area (Å²) < 4.78 is 0. The van der Waals surface area contributed by atoms with Gasteiger partial charge in [0, 0.05) is 15.8 Å². The smallest absolute Gasteiger partial charge is 0.0302 e. The van der Waals surface area contributed by atoms with Crippen LogP contribution in [-0.2, 0) is 6.42 Å². The fraction of sp³-hybridized carbons (Fsp3) is 0.412. The molecule has 0 saturated heterocycles. The number of benzene rings is 1. The van der Waals surface area contributed by atoms with Gasteiger partial charge in [-0.15, -0.1) is 11.3 Å². The van der Waals surface area contributed by atoms with Crippen molar-refractivity contribution in [2.45, 2.75) is 39.7 Å². The van der Waals surface area contributed by atoms with Crippen LogP contribution in [-0.4, -0.2) is 6.54 Å². The molecule has 0 fully saturated rings. The van der Waals surface area contributed by atoms with Crippen LogP contribution >= 0.6 is 11.3 Å². The van der Waals surface area contributed by atoms with Crippen LogP contribution in [0.3, 0.4) is 0 Å². The number of thiophene rings is 1. The van der Waals surface area contributed by atoms with Gasteiger partial charge < -0.3 is 5.32 Å². The minimum absolute atomic E-state index is 0.459. The third kappa shape index (κ3) is 4.19. The summed E-state index contributed by atoms with van der Waals surface area (Å²) in [5.74, 6) is 0. The second-order valence-corrected chi connectivity index (χ2v) is 6.59. The van der Waals surface area contributed by atoms with Crippen molar-refractivity contribution in [2.24, 2.45) is 0 Å². The van der Waals surface area contributed by atoms with Crippen LogP contribution in [0.5, 0.6) is 0 Å². The van der Waals surface area contributed by atoms with Crippen LogP contribution in [0, 0.1) is 13.8 Å². The quantitative estimate of drug-likeness (QED) is 0.756. The Labute approximate surface area is 120 Å². The average Bonchev–Trinajstić information content (AvgIpc) is 2.75. The molecule has 1 aromatic carbocycles. The molecule has 19 heavy (non-hydrogen) atoms. The Kier molecular flexibility index (Phi) is 5.17. The number of rotatable bonds is 6. The van der Waals surface area contributed by atoms with E-state index in [2.05, 4.69) is 62.5 Å². The minimum atomic E-state index is 0.459. The number of hydrogen-bond donors (Lipinski definition) is 1. The maximum Gasteiger partial charge on any atom is 0.0302 e.